The highest BCUT2D eigenvalue weighted by Gasteiger charge is 1.96. The molecule has 1 aromatic carbocycles. The van der Waals surface area contributed by atoms with Gasteiger partial charge < -0.3 is 14.9 Å². The van der Waals surface area contributed by atoms with Gasteiger partial charge in [0.1, 0.15) is 0 Å². The molecule has 0 spiro atoms. The van der Waals surface area contributed by atoms with Gasteiger partial charge in [-0.25, -0.2) is 0 Å². The highest BCUT2D eigenvalue weighted by atomic mass is 16.5. The van der Waals surface area contributed by atoms with Crippen molar-refractivity contribution in [3.05, 3.63) is 35.9 Å². The summed E-state index contributed by atoms with van der Waals surface area (Å²) in [7, 11) is 0. The third-order valence-corrected chi connectivity index (χ3v) is 1.86. The van der Waals surface area contributed by atoms with Gasteiger partial charge in [0.2, 0.25) is 0 Å². The molecule has 0 radical (unpaired) electrons. The van der Waals surface area contributed by atoms with Gasteiger partial charge in [0.05, 0.1) is 6.61 Å². The van der Waals surface area contributed by atoms with Gasteiger partial charge in [-0.15, -0.1) is 0 Å². The lowest BCUT2D eigenvalue weighted by Gasteiger charge is -2.05. The Kier molecular flexibility index (Phi) is 5.22. The summed E-state index contributed by atoms with van der Waals surface area (Å²) in [6.07, 6.45) is -0.172. The van der Waals surface area contributed by atoms with Gasteiger partial charge in [-0.1, -0.05) is 30.3 Å². The van der Waals surface area contributed by atoms with Crippen LogP contribution < -0.4 is 0 Å². The molecule has 1 aromatic rings. The summed E-state index contributed by atoms with van der Waals surface area (Å²) in [4.78, 5) is 0. The van der Waals surface area contributed by atoms with Gasteiger partial charge in [-0.05, 0) is 12.0 Å². The molecule has 0 saturated heterocycles. The molecule has 0 aliphatic heterocycles. The third-order valence-electron chi connectivity index (χ3n) is 1.86. The van der Waals surface area contributed by atoms with Gasteiger partial charge in [0.25, 0.3) is 0 Å². The third kappa shape index (κ3) is 4.97. The molecule has 0 atom stereocenters. The lowest BCUT2D eigenvalue weighted by atomic mass is 10.2. The van der Waals surface area contributed by atoms with Crippen LogP contribution in [0.15, 0.2) is 30.3 Å². The largest absolute Gasteiger partial charge is 0.377 e. The van der Waals surface area contributed by atoms with E-state index in [4.69, 9.17) is 14.9 Å². The Labute approximate surface area is 84.0 Å². The molecule has 0 unspecified atom stereocenters. The summed E-state index contributed by atoms with van der Waals surface area (Å²) in [5.41, 5.74) is 1.14. The zero-order valence-electron chi connectivity index (χ0n) is 8.10. The number of ether oxygens (including phenoxy) is 1. The van der Waals surface area contributed by atoms with Crippen molar-refractivity contribution < 1.29 is 14.9 Å². The van der Waals surface area contributed by atoms with E-state index < -0.39 is 6.29 Å². The number of aliphatic hydroxyl groups is 2. The number of aliphatic hydroxyl groups excluding tert-OH is 1. The number of hydrogen-bond acceptors (Lipinski definition) is 3. The van der Waals surface area contributed by atoms with E-state index in [-0.39, 0.29) is 0 Å². The van der Waals surface area contributed by atoms with Crippen LogP contribution >= 0.6 is 0 Å². The van der Waals surface area contributed by atoms with Crippen molar-refractivity contribution in [3.8, 4) is 0 Å². The number of benzene rings is 1. The number of rotatable bonds is 6. The zero-order valence-corrected chi connectivity index (χ0v) is 8.10. The van der Waals surface area contributed by atoms with Crippen LogP contribution in [0.4, 0.5) is 0 Å². The molecule has 78 valence electrons. The molecule has 1 rings (SSSR count). The summed E-state index contributed by atoms with van der Waals surface area (Å²) in [5.74, 6) is 0. The van der Waals surface area contributed by atoms with Crippen molar-refractivity contribution >= 4 is 0 Å². The minimum absolute atomic E-state index is 0.370. The van der Waals surface area contributed by atoms with E-state index in [0.29, 0.717) is 26.1 Å². The Morgan fingerprint density at radius 1 is 1.14 bits per heavy atom. The Morgan fingerprint density at radius 3 is 2.50 bits per heavy atom. The quantitative estimate of drug-likeness (QED) is 0.532. The zero-order chi connectivity index (χ0) is 10.2. The molecule has 0 fully saturated rings. The average Bonchev–Trinajstić information content (AvgIpc) is 2.18. The van der Waals surface area contributed by atoms with E-state index in [1.165, 1.54) is 0 Å². The summed E-state index contributed by atoms with van der Waals surface area (Å²) in [6.45, 7) is 1.15. The molecule has 3 heteroatoms. The Hall–Kier alpha value is -0.900. The molecule has 3 nitrogen and oxygen atoms in total. The SMILES string of the molecule is OC(O)CCCOCc1ccccc1. The molecule has 0 aliphatic rings. The van der Waals surface area contributed by atoms with Crippen molar-refractivity contribution in [1.82, 2.24) is 0 Å². The van der Waals surface area contributed by atoms with Gasteiger partial charge in [-0.2, -0.15) is 0 Å². The van der Waals surface area contributed by atoms with E-state index >= 15 is 0 Å². The predicted molar refractivity (Wildman–Crippen MR) is 53.6 cm³/mol. The first-order valence-corrected chi connectivity index (χ1v) is 4.77. The highest BCUT2D eigenvalue weighted by Crippen LogP contribution is 2.01. The summed E-state index contributed by atoms with van der Waals surface area (Å²) in [5, 5.41) is 17.1. The molecule has 0 aliphatic carbocycles. The second-order valence-electron chi connectivity index (χ2n) is 3.16. The molecule has 14 heavy (non-hydrogen) atoms. The maximum absolute atomic E-state index is 8.57. The second-order valence-corrected chi connectivity index (χ2v) is 3.16. The van der Waals surface area contributed by atoms with Crippen molar-refractivity contribution in [2.45, 2.75) is 25.7 Å². The summed E-state index contributed by atoms with van der Waals surface area (Å²) < 4.78 is 5.35. The molecular formula is C11H16O3. The molecule has 0 aromatic heterocycles. The number of hydrogen-bond donors (Lipinski definition) is 2. The first-order chi connectivity index (χ1) is 6.79. The van der Waals surface area contributed by atoms with Crippen LogP contribution in [-0.4, -0.2) is 23.1 Å². The fourth-order valence-corrected chi connectivity index (χ4v) is 1.13. The Balaban J connectivity index is 2.05. The van der Waals surface area contributed by atoms with Crippen molar-refractivity contribution in [2.24, 2.45) is 0 Å². The maximum Gasteiger partial charge on any atom is 0.151 e. The van der Waals surface area contributed by atoms with E-state index in [1.54, 1.807) is 0 Å². The van der Waals surface area contributed by atoms with Crippen LogP contribution in [0.1, 0.15) is 18.4 Å². The van der Waals surface area contributed by atoms with Crippen LogP contribution in [0, 0.1) is 0 Å². The fourth-order valence-electron chi connectivity index (χ4n) is 1.13. The molecule has 2 N–H and O–H groups in total. The Bertz CT molecular complexity index is 234. The molecule has 0 bridgehead atoms. The van der Waals surface area contributed by atoms with E-state index in [2.05, 4.69) is 0 Å². The lowest BCUT2D eigenvalue weighted by molar-refractivity contribution is -0.0509. The smallest absolute Gasteiger partial charge is 0.151 e. The predicted octanol–water partition coefficient (Wildman–Crippen LogP) is 1.29. The fraction of sp³-hybridized carbons (Fsp3) is 0.455. The first kappa shape index (κ1) is 11.2. The summed E-state index contributed by atoms with van der Waals surface area (Å²) >= 11 is 0. The van der Waals surface area contributed by atoms with Gasteiger partial charge in [0.15, 0.2) is 6.29 Å². The van der Waals surface area contributed by atoms with Gasteiger partial charge in [0, 0.05) is 13.0 Å². The molecule has 0 heterocycles. The summed E-state index contributed by atoms with van der Waals surface area (Å²) in [6, 6.07) is 9.90. The van der Waals surface area contributed by atoms with Crippen LogP contribution in [0.2, 0.25) is 0 Å². The maximum atomic E-state index is 8.57. The van der Waals surface area contributed by atoms with Crippen LogP contribution in [0.5, 0.6) is 0 Å². The van der Waals surface area contributed by atoms with Crippen LogP contribution in [-0.2, 0) is 11.3 Å². The minimum Gasteiger partial charge on any atom is -0.377 e. The first-order valence-electron chi connectivity index (χ1n) is 4.77. The van der Waals surface area contributed by atoms with Gasteiger partial charge in [-0.3, -0.25) is 0 Å². The Morgan fingerprint density at radius 2 is 1.86 bits per heavy atom. The second kappa shape index (κ2) is 6.54. The van der Waals surface area contributed by atoms with E-state index in [1.807, 2.05) is 30.3 Å². The molecule has 0 amide bonds. The van der Waals surface area contributed by atoms with Crippen molar-refractivity contribution in [3.63, 3.8) is 0 Å². The molecule has 0 saturated carbocycles. The minimum atomic E-state index is -1.21. The average molecular weight is 196 g/mol. The van der Waals surface area contributed by atoms with Crippen LogP contribution in [0.3, 0.4) is 0 Å². The van der Waals surface area contributed by atoms with Crippen LogP contribution in [0.25, 0.3) is 0 Å². The van der Waals surface area contributed by atoms with Crippen molar-refractivity contribution in [1.29, 1.82) is 0 Å². The lowest BCUT2D eigenvalue weighted by Crippen LogP contribution is -2.05. The molecular weight excluding hydrogens is 180 g/mol. The standard InChI is InChI=1S/C11H16O3/c12-11(13)7-4-8-14-9-10-5-2-1-3-6-10/h1-3,5-6,11-13H,4,7-9H2. The monoisotopic (exact) mass is 196 g/mol. The highest BCUT2D eigenvalue weighted by molar-refractivity contribution is 5.13. The normalized spacial score (nSPS) is 10.8. The van der Waals surface area contributed by atoms with Crippen molar-refractivity contribution in [2.75, 3.05) is 6.61 Å². The van der Waals surface area contributed by atoms with Gasteiger partial charge >= 0.3 is 0 Å². The topological polar surface area (TPSA) is 49.7 Å². The van der Waals surface area contributed by atoms with E-state index in [9.17, 15) is 0 Å². The van der Waals surface area contributed by atoms with E-state index in [0.717, 1.165) is 5.56 Å².